The van der Waals surface area contributed by atoms with E-state index in [1.54, 1.807) is 0 Å². The average molecular weight is 461 g/mol. The van der Waals surface area contributed by atoms with E-state index in [1.165, 1.54) is 38.5 Å². The lowest BCUT2D eigenvalue weighted by molar-refractivity contribution is -0.134. The molecule has 0 aromatic heterocycles. The predicted molar refractivity (Wildman–Crippen MR) is 127 cm³/mol. The van der Waals surface area contributed by atoms with Crippen LogP contribution in [0.5, 0.6) is 5.75 Å². The molecule has 0 bridgehead atoms. The smallest absolute Gasteiger partial charge is 0.260 e. The van der Waals surface area contributed by atoms with Gasteiger partial charge in [-0.2, -0.15) is 0 Å². The van der Waals surface area contributed by atoms with Gasteiger partial charge in [-0.05, 0) is 68.2 Å². The van der Waals surface area contributed by atoms with Crippen LogP contribution in [0.3, 0.4) is 0 Å². The highest BCUT2D eigenvalue weighted by Gasteiger charge is 2.28. The van der Waals surface area contributed by atoms with E-state index in [1.807, 2.05) is 23.1 Å². The summed E-state index contributed by atoms with van der Waals surface area (Å²) in [6.45, 7) is 1.41. The van der Waals surface area contributed by atoms with Gasteiger partial charge in [-0.1, -0.05) is 50.1 Å². The van der Waals surface area contributed by atoms with Crippen LogP contribution in [0.4, 0.5) is 0 Å². The summed E-state index contributed by atoms with van der Waals surface area (Å²) >= 11 is 6.26. The summed E-state index contributed by atoms with van der Waals surface area (Å²) < 4.78 is 6.01. The number of hydrogen-bond donors (Lipinski definition) is 1. The number of piperidine rings is 1. The fourth-order valence-electron chi connectivity index (χ4n) is 5.57. The zero-order chi connectivity index (χ0) is 22.3. The van der Waals surface area contributed by atoms with E-state index in [4.69, 9.17) is 16.3 Å². The normalized spacial score (nSPS) is 21.3. The maximum atomic E-state index is 12.8. The van der Waals surface area contributed by atoms with E-state index in [9.17, 15) is 9.59 Å². The number of nitrogens with one attached hydrogen (secondary N) is 1. The Labute approximate surface area is 197 Å². The van der Waals surface area contributed by atoms with E-state index >= 15 is 0 Å². The molecule has 176 valence electrons. The van der Waals surface area contributed by atoms with Gasteiger partial charge in [-0.25, -0.2) is 0 Å². The third-order valence-corrected chi connectivity index (χ3v) is 7.77. The van der Waals surface area contributed by atoms with Gasteiger partial charge >= 0.3 is 0 Å². The first-order valence-corrected chi connectivity index (χ1v) is 13.0. The minimum Gasteiger partial charge on any atom is -0.483 e. The van der Waals surface area contributed by atoms with Crippen LogP contribution in [0.1, 0.15) is 88.5 Å². The molecule has 1 N–H and O–H groups in total. The Bertz CT molecular complexity index is 779. The van der Waals surface area contributed by atoms with E-state index in [-0.39, 0.29) is 30.4 Å². The van der Waals surface area contributed by atoms with Gasteiger partial charge in [0.05, 0.1) is 0 Å². The minimum atomic E-state index is 0.0200. The van der Waals surface area contributed by atoms with Gasteiger partial charge in [0, 0.05) is 30.1 Å². The van der Waals surface area contributed by atoms with Crippen LogP contribution in [0.15, 0.2) is 18.2 Å². The molecule has 1 saturated heterocycles. The zero-order valence-electron chi connectivity index (χ0n) is 19.1. The SMILES string of the molecule is O=C(NC1CCN(C(=O)COc2ccc(Cl)cc2C2CCCCC2)CC1)C1CCCCC1. The summed E-state index contributed by atoms with van der Waals surface area (Å²) in [5.41, 5.74) is 1.15. The van der Waals surface area contributed by atoms with Crippen LogP contribution in [-0.4, -0.2) is 42.5 Å². The summed E-state index contributed by atoms with van der Waals surface area (Å²) in [5.74, 6) is 1.69. The fraction of sp³-hybridized carbons (Fsp3) is 0.692. The Morgan fingerprint density at radius 3 is 2.28 bits per heavy atom. The standard InChI is InChI=1S/C26H37ClN2O3/c27-21-11-12-24(23(17-21)19-7-3-1-4-8-19)32-18-25(30)29-15-13-22(14-16-29)28-26(31)20-9-5-2-6-10-20/h11-12,17,19-20,22H,1-10,13-16,18H2,(H,28,31). The largest absolute Gasteiger partial charge is 0.483 e. The highest BCUT2D eigenvalue weighted by Crippen LogP contribution is 2.38. The number of carbonyl (C=O) groups excluding carboxylic acids is 2. The molecule has 2 saturated carbocycles. The Hall–Kier alpha value is -1.75. The number of likely N-dealkylation sites (tertiary alicyclic amines) is 1. The van der Waals surface area contributed by atoms with Crippen molar-refractivity contribution in [1.29, 1.82) is 0 Å². The molecule has 4 rings (SSSR count). The van der Waals surface area contributed by atoms with Crippen LogP contribution in [0.25, 0.3) is 0 Å². The van der Waals surface area contributed by atoms with Crippen LogP contribution in [0, 0.1) is 5.92 Å². The van der Waals surface area contributed by atoms with Gasteiger partial charge in [0.25, 0.3) is 5.91 Å². The number of nitrogens with zero attached hydrogens (tertiary/aromatic N) is 1. The van der Waals surface area contributed by atoms with Crippen molar-refractivity contribution in [2.45, 2.75) is 89.0 Å². The lowest BCUT2D eigenvalue weighted by Crippen LogP contribution is -2.49. The monoisotopic (exact) mass is 460 g/mol. The van der Waals surface area contributed by atoms with Gasteiger partial charge in [-0.15, -0.1) is 0 Å². The lowest BCUT2D eigenvalue weighted by atomic mass is 9.84. The number of halogens is 1. The van der Waals surface area contributed by atoms with Crippen LogP contribution in [-0.2, 0) is 9.59 Å². The second-order valence-electron chi connectivity index (χ2n) is 9.80. The average Bonchev–Trinajstić information content (AvgIpc) is 2.84. The molecule has 1 aromatic rings. The van der Waals surface area contributed by atoms with Crippen molar-refractivity contribution in [2.24, 2.45) is 5.92 Å². The maximum Gasteiger partial charge on any atom is 0.260 e. The summed E-state index contributed by atoms with van der Waals surface area (Å²) in [6, 6.07) is 5.95. The third-order valence-electron chi connectivity index (χ3n) is 7.54. The number of rotatable bonds is 6. The van der Waals surface area contributed by atoms with Gasteiger partial charge < -0.3 is 15.0 Å². The number of ether oxygens (including phenoxy) is 1. The molecule has 2 amide bonds. The van der Waals surface area contributed by atoms with Crippen LogP contribution < -0.4 is 10.1 Å². The summed E-state index contributed by atoms with van der Waals surface area (Å²) in [6.07, 6.45) is 13.4. The molecule has 1 heterocycles. The van der Waals surface area contributed by atoms with Crippen molar-refractivity contribution < 1.29 is 14.3 Å². The van der Waals surface area contributed by atoms with Crippen molar-refractivity contribution in [3.05, 3.63) is 28.8 Å². The van der Waals surface area contributed by atoms with Crippen molar-refractivity contribution >= 4 is 23.4 Å². The Morgan fingerprint density at radius 2 is 1.59 bits per heavy atom. The quantitative estimate of drug-likeness (QED) is 0.613. The first kappa shape index (κ1) is 23.4. The molecule has 6 heteroatoms. The molecule has 1 aliphatic heterocycles. The Kier molecular flexibility index (Phi) is 8.34. The zero-order valence-corrected chi connectivity index (χ0v) is 19.9. The highest BCUT2D eigenvalue weighted by molar-refractivity contribution is 6.30. The highest BCUT2D eigenvalue weighted by atomic mass is 35.5. The minimum absolute atomic E-state index is 0.0200. The van der Waals surface area contributed by atoms with E-state index in [0.717, 1.165) is 54.9 Å². The molecular formula is C26H37ClN2O3. The van der Waals surface area contributed by atoms with Gasteiger partial charge in [0.2, 0.25) is 5.91 Å². The Morgan fingerprint density at radius 1 is 0.938 bits per heavy atom. The number of hydrogen-bond acceptors (Lipinski definition) is 3. The summed E-state index contributed by atoms with van der Waals surface area (Å²) in [7, 11) is 0. The van der Waals surface area contributed by atoms with E-state index in [2.05, 4.69) is 5.32 Å². The van der Waals surface area contributed by atoms with Crippen molar-refractivity contribution in [2.75, 3.05) is 19.7 Å². The fourth-order valence-corrected chi connectivity index (χ4v) is 5.75. The van der Waals surface area contributed by atoms with E-state index in [0.29, 0.717) is 19.0 Å². The van der Waals surface area contributed by atoms with Gasteiger partial charge in [-0.3, -0.25) is 9.59 Å². The molecule has 2 aliphatic carbocycles. The van der Waals surface area contributed by atoms with Crippen LogP contribution in [0.2, 0.25) is 5.02 Å². The molecule has 0 atom stereocenters. The lowest BCUT2D eigenvalue weighted by Gasteiger charge is -2.33. The number of benzene rings is 1. The second kappa shape index (κ2) is 11.4. The molecule has 0 unspecified atom stereocenters. The third kappa shape index (κ3) is 6.18. The molecule has 32 heavy (non-hydrogen) atoms. The van der Waals surface area contributed by atoms with Crippen molar-refractivity contribution in [3.63, 3.8) is 0 Å². The first-order chi connectivity index (χ1) is 15.6. The molecule has 0 radical (unpaired) electrons. The second-order valence-corrected chi connectivity index (χ2v) is 10.2. The van der Waals surface area contributed by atoms with E-state index < -0.39 is 0 Å². The molecule has 5 nitrogen and oxygen atoms in total. The van der Waals surface area contributed by atoms with Crippen molar-refractivity contribution in [3.8, 4) is 5.75 Å². The molecule has 0 spiro atoms. The van der Waals surface area contributed by atoms with Gasteiger partial charge in [0.1, 0.15) is 5.75 Å². The number of amides is 2. The van der Waals surface area contributed by atoms with Crippen LogP contribution >= 0.6 is 11.6 Å². The number of carbonyl (C=O) groups is 2. The predicted octanol–water partition coefficient (Wildman–Crippen LogP) is 5.45. The molecular weight excluding hydrogens is 424 g/mol. The Balaban J connectivity index is 1.24. The molecule has 3 aliphatic rings. The summed E-state index contributed by atoms with van der Waals surface area (Å²) in [4.78, 5) is 27.2. The van der Waals surface area contributed by atoms with Gasteiger partial charge in [0.15, 0.2) is 6.61 Å². The maximum absolute atomic E-state index is 12.8. The first-order valence-electron chi connectivity index (χ1n) is 12.6. The molecule has 3 fully saturated rings. The summed E-state index contributed by atoms with van der Waals surface area (Å²) in [5, 5.41) is 3.96. The topological polar surface area (TPSA) is 58.6 Å². The molecule has 1 aromatic carbocycles. The van der Waals surface area contributed by atoms with Crippen molar-refractivity contribution in [1.82, 2.24) is 10.2 Å².